The van der Waals surface area contributed by atoms with Gasteiger partial charge in [0.1, 0.15) is 0 Å². The summed E-state index contributed by atoms with van der Waals surface area (Å²) in [4.78, 5) is 16.8. The maximum atomic E-state index is 12.2. The Morgan fingerprint density at radius 1 is 1.12 bits per heavy atom. The summed E-state index contributed by atoms with van der Waals surface area (Å²) in [7, 11) is 0. The van der Waals surface area contributed by atoms with Crippen LogP contribution < -0.4 is 5.32 Å². The van der Waals surface area contributed by atoms with E-state index in [1.54, 1.807) is 0 Å². The van der Waals surface area contributed by atoms with E-state index in [2.05, 4.69) is 33.9 Å². The van der Waals surface area contributed by atoms with Crippen molar-refractivity contribution in [2.24, 2.45) is 5.92 Å². The highest BCUT2D eigenvalue weighted by Crippen LogP contribution is 2.31. The fraction of sp³-hybridized carbons (Fsp3) is 0.500. The second-order valence-corrected chi connectivity index (χ2v) is 7.99. The molecule has 1 saturated carbocycles. The Bertz CT molecular complexity index is 731. The molecular formula is C20H24N2OS. The van der Waals surface area contributed by atoms with Crippen molar-refractivity contribution in [1.29, 1.82) is 0 Å². The Balaban J connectivity index is 1.43. The van der Waals surface area contributed by atoms with Gasteiger partial charge in [-0.3, -0.25) is 4.79 Å². The van der Waals surface area contributed by atoms with Crippen molar-refractivity contribution in [2.45, 2.75) is 57.8 Å². The van der Waals surface area contributed by atoms with E-state index in [0.29, 0.717) is 12.3 Å². The smallest absolute Gasteiger partial charge is 0.226 e. The number of aryl methyl sites for hydroxylation is 2. The Labute approximate surface area is 147 Å². The van der Waals surface area contributed by atoms with Gasteiger partial charge in [0.25, 0.3) is 0 Å². The zero-order valence-electron chi connectivity index (χ0n) is 14.0. The van der Waals surface area contributed by atoms with Crippen molar-refractivity contribution in [3.63, 3.8) is 0 Å². The van der Waals surface area contributed by atoms with Gasteiger partial charge in [-0.1, -0.05) is 25.0 Å². The largest absolute Gasteiger partial charge is 0.302 e. The van der Waals surface area contributed by atoms with Crippen molar-refractivity contribution in [3.8, 4) is 11.3 Å². The molecule has 2 aliphatic rings. The summed E-state index contributed by atoms with van der Waals surface area (Å²) in [6.45, 7) is 0. The first-order chi connectivity index (χ1) is 11.8. The highest BCUT2D eigenvalue weighted by molar-refractivity contribution is 7.14. The quantitative estimate of drug-likeness (QED) is 0.830. The van der Waals surface area contributed by atoms with E-state index >= 15 is 0 Å². The van der Waals surface area contributed by atoms with Gasteiger partial charge >= 0.3 is 0 Å². The Morgan fingerprint density at radius 3 is 2.75 bits per heavy atom. The van der Waals surface area contributed by atoms with E-state index in [0.717, 1.165) is 10.8 Å². The number of benzene rings is 1. The maximum absolute atomic E-state index is 12.2. The van der Waals surface area contributed by atoms with E-state index in [4.69, 9.17) is 0 Å². The first-order valence-corrected chi connectivity index (χ1v) is 10.0. The second kappa shape index (κ2) is 7.06. The normalized spacial score (nSPS) is 17.7. The summed E-state index contributed by atoms with van der Waals surface area (Å²) < 4.78 is 0. The number of rotatable bonds is 4. The molecule has 2 aliphatic carbocycles. The predicted octanol–water partition coefficient (Wildman–Crippen LogP) is 5.21. The number of aromatic nitrogens is 1. The molecule has 1 aromatic carbocycles. The first kappa shape index (κ1) is 15.8. The lowest BCUT2D eigenvalue weighted by Gasteiger charge is -2.16. The minimum absolute atomic E-state index is 0.119. The van der Waals surface area contributed by atoms with Gasteiger partial charge < -0.3 is 5.32 Å². The molecule has 0 atom stereocenters. The minimum atomic E-state index is 0.119. The van der Waals surface area contributed by atoms with Crippen LogP contribution in [0.1, 0.15) is 56.1 Å². The molecule has 24 heavy (non-hydrogen) atoms. The Morgan fingerprint density at radius 2 is 1.92 bits per heavy atom. The first-order valence-electron chi connectivity index (χ1n) is 9.15. The van der Waals surface area contributed by atoms with Gasteiger partial charge in [-0.2, -0.15) is 0 Å². The third-order valence-corrected chi connectivity index (χ3v) is 6.10. The number of hydrogen-bond acceptors (Lipinski definition) is 3. The molecule has 1 fully saturated rings. The Kier molecular flexibility index (Phi) is 4.65. The number of carbonyl (C=O) groups is 1. The molecule has 0 saturated heterocycles. The molecular weight excluding hydrogens is 316 g/mol. The van der Waals surface area contributed by atoms with Gasteiger partial charge in [0.15, 0.2) is 5.13 Å². The van der Waals surface area contributed by atoms with Crippen molar-refractivity contribution in [1.82, 2.24) is 4.98 Å². The van der Waals surface area contributed by atoms with Crippen LogP contribution in [-0.4, -0.2) is 10.9 Å². The lowest BCUT2D eigenvalue weighted by molar-refractivity contribution is -0.117. The number of nitrogens with one attached hydrogen (secondary N) is 1. The number of hydrogen-bond donors (Lipinski definition) is 1. The van der Waals surface area contributed by atoms with Gasteiger partial charge in [0.2, 0.25) is 5.91 Å². The number of nitrogens with zero attached hydrogens (tertiary/aromatic N) is 1. The average Bonchev–Trinajstić information content (AvgIpc) is 3.26. The average molecular weight is 340 g/mol. The van der Waals surface area contributed by atoms with E-state index < -0.39 is 0 Å². The van der Waals surface area contributed by atoms with Crippen LogP contribution in [0.2, 0.25) is 0 Å². The van der Waals surface area contributed by atoms with Crippen LogP contribution in [0.4, 0.5) is 5.13 Å². The van der Waals surface area contributed by atoms with Crippen LogP contribution in [0.25, 0.3) is 11.3 Å². The summed E-state index contributed by atoms with van der Waals surface area (Å²) in [5.41, 5.74) is 5.11. The SMILES string of the molecule is O=C(CC1CCCC1)Nc1nc(-c2ccc3c(c2)CCCC3)cs1. The zero-order chi connectivity index (χ0) is 16.4. The lowest BCUT2D eigenvalue weighted by atomic mass is 9.90. The molecule has 2 aromatic rings. The second-order valence-electron chi connectivity index (χ2n) is 7.13. The maximum Gasteiger partial charge on any atom is 0.226 e. The number of thiazole rings is 1. The van der Waals surface area contributed by atoms with Gasteiger partial charge in [-0.25, -0.2) is 4.98 Å². The third-order valence-electron chi connectivity index (χ3n) is 5.34. The van der Waals surface area contributed by atoms with Crippen LogP contribution in [0.15, 0.2) is 23.6 Å². The molecule has 4 heteroatoms. The van der Waals surface area contributed by atoms with Gasteiger partial charge in [0.05, 0.1) is 5.69 Å². The molecule has 1 aromatic heterocycles. The van der Waals surface area contributed by atoms with E-state index in [-0.39, 0.29) is 5.91 Å². The number of anilines is 1. The van der Waals surface area contributed by atoms with Gasteiger partial charge in [-0.05, 0) is 61.6 Å². The third kappa shape index (κ3) is 3.54. The molecule has 0 aliphatic heterocycles. The summed E-state index contributed by atoms with van der Waals surface area (Å²) >= 11 is 1.52. The summed E-state index contributed by atoms with van der Waals surface area (Å²) in [5, 5.41) is 5.77. The number of fused-ring (bicyclic) bond motifs is 1. The van der Waals surface area contributed by atoms with Gasteiger partial charge in [-0.15, -0.1) is 11.3 Å². The van der Waals surface area contributed by atoms with E-state index in [1.807, 2.05) is 0 Å². The number of amides is 1. The highest BCUT2D eigenvalue weighted by Gasteiger charge is 2.19. The van der Waals surface area contributed by atoms with Gasteiger partial charge in [0, 0.05) is 17.4 Å². The summed E-state index contributed by atoms with van der Waals surface area (Å²) in [6.07, 6.45) is 10.6. The van der Waals surface area contributed by atoms with Crippen molar-refractivity contribution in [2.75, 3.05) is 5.32 Å². The number of carbonyl (C=O) groups excluding carboxylic acids is 1. The topological polar surface area (TPSA) is 42.0 Å². The summed E-state index contributed by atoms with van der Waals surface area (Å²) in [5.74, 6) is 0.693. The molecule has 126 valence electrons. The fourth-order valence-electron chi connectivity index (χ4n) is 4.00. The van der Waals surface area contributed by atoms with Crippen molar-refractivity contribution in [3.05, 3.63) is 34.7 Å². The van der Waals surface area contributed by atoms with Crippen LogP contribution in [0, 0.1) is 5.92 Å². The summed E-state index contributed by atoms with van der Waals surface area (Å²) in [6, 6.07) is 6.71. The van der Waals surface area contributed by atoms with E-state index in [9.17, 15) is 4.79 Å². The predicted molar refractivity (Wildman–Crippen MR) is 99.4 cm³/mol. The van der Waals surface area contributed by atoms with Crippen LogP contribution >= 0.6 is 11.3 Å². The van der Waals surface area contributed by atoms with Crippen LogP contribution in [0.5, 0.6) is 0 Å². The Hall–Kier alpha value is -1.68. The molecule has 0 unspecified atom stereocenters. The molecule has 3 nitrogen and oxygen atoms in total. The standard InChI is InChI=1S/C20H24N2OS/c23-19(11-14-5-1-2-6-14)22-20-21-18(13-24-20)17-10-9-15-7-3-4-8-16(15)12-17/h9-10,12-14H,1-8,11H2,(H,21,22,23). The molecule has 0 radical (unpaired) electrons. The van der Waals surface area contributed by atoms with Crippen molar-refractivity contribution < 1.29 is 4.79 Å². The molecule has 4 rings (SSSR count). The highest BCUT2D eigenvalue weighted by atomic mass is 32.1. The minimum Gasteiger partial charge on any atom is -0.302 e. The molecule has 0 bridgehead atoms. The zero-order valence-corrected chi connectivity index (χ0v) is 14.8. The van der Waals surface area contributed by atoms with Crippen molar-refractivity contribution >= 4 is 22.4 Å². The molecule has 0 spiro atoms. The molecule has 1 amide bonds. The lowest BCUT2D eigenvalue weighted by Crippen LogP contribution is -2.14. The monoisotopic (exact) mass is 340 g/mol. The van der Waals surface area contributed by atoms with Crippen LogP contribution in [-0.2, 0) is 17.6 Å². The molecule has 1 N–H and O–H groups in total. The van der Waals surface area contributed by atoms with Crippen LogP contribution in [0.3, 0.4) is 0 Å². The van der Waals surface area contributed by atoms with E-state index in [1.165, 1.54) is 79.4 Å². The molecule has 1 heterocycles. The fourth-order valence-corrected chi connectivity index (χ4v) is 4.74.